The first kappa shape index (κ1) is 39.6. The third-order valence-electron chi connectivity index (χ3n) is 8.42. The van der Waals surface area contributed by atoms with Crippen LogP contribution in [0.25, 0.3) is 0 Å². The van der Waals surface area contributed by atoms with Crippen molar-refractivity contribution in [3.8, 4) is 0 Å². The smallest absolute Gasteiger partial charge is 0.324 e. The molecule has 0 atom stereocenters. The Balaban J connectivity index is 0.00000217. The van der Waals surface area contributed by atoms with Crippen LogP contribution in [0.4, 0.5) is 0 Å². The van der Waals surface area contributed by atoms with Crippen molar-refractivity contribution >= 4 is 8.60 Å². The predicted octanol–water partition coefficient (Wildman–Crippen LogP) is 5.88. The number of aliphatic hydroxyl groups excluding tert-OH is 3. The number of hydrogen-bond acceptors (Lipinski definition) is 7. The summed E-state index contributed by atoms with van der Waals surface area (Å²) >= 11 is 0. The Bertz CT molecular complexity index is 1140. The van der Waals surface area contributed by atoms with Crippen molar-refractivity contribution in [1.29, 1.82) is 0 Å². The topological polar surface area (TPSA) is 142 Å². The van der Waals surface area contributed by atoms with Gasteiger partial charge in [0.25, 0.3) is 0 Å². The largest absolute Gasteiger partial charge is 0.395 e. The van der Waals surface area contributed by atoms with Crippen LogP contribution >= 0.6 is 8.60 Å². The Morgan fingerprint density at radius 3 is 0.953 bits per heavy atom. The van der Waals surface area contributed by atoms with E-state index in [1.54, 1.807) is 0 Å². The zero-order valence-corrected chi connectivity index (χ0v) is 29.9. The van der Waals surface area contributed by atoms with Crippen LogP contribution in [0.1, 0.15) is 128 Å². The van der Waals surface area contributed by atoms with Crippen molar-refractivity contribution in [3.63, 3.8) is 0 Å². The highest BCUT2D eigenvalue weighted by Gasteiger charge is 2.56. The Kier molecular flexibility index (Phi) is 12.5. The number of benzene rings is 2. The lowest BCUT2D eigenvalue weighted by Crippen LogP contribution is -2.56. The molecule has 43 heavy (non-hydrogen) atoms. The van der Waals surface area contributed by atoms with Gasteiger partial charge in [0.1, 0.15) is 5.60 Å². The fourth-order valence-corrected chi connectivity index (χ4v) is 5.73. The summed E-state index contributed by atoms with van der Waals surface area (Å²) in [6.45, 7) is 28.0. The van der Waals surface area contributed by atoms with Gasteiger partial charge >= 0.3 is 8.60 Å². The number of hydrogen-bond donors (Lipinski definition) is 7. The SMILES string of the molecule is Cc1cc(C(C)(C)C)cc(C(C)(C)C)c1C(O)(c1c(C)cc(C(C)(C)C)cc1C(C)(C)C)C(CO)(CO)CO.OP(O)O. The maximum Gasteiger partial charge on any atom is 0.324 e. The summed E-state index contributed by atoms with van der Waals surface area (Å²) in [6.07, 6.45) is 0. The first-order valence-corrected chi connectivity index (χ1v) is 16.1. The zero-order valence-electron chi connectivity index (χ0n) is 29.0. The van der Waals surface area contributed by atoms with Crippen molar-refractivity contribution in [2.45, 2.75) is 124 Å². The second-order valence-corrected chi connectivity index (χ2v) is 16.7. The van der Waals surface area contributed by atoms with E-state index in [0.717, 1.165) is 33.4 Å². The molecule has 2 aromatic rings. The van der Waals surface area contributed by atoms with E-state index in [1.165, 1.54) is 0 Å². The average Bonchev–Trinajstić information content (AvgIpc) is 2.81. The minimum atomic E-state index is -2.62. The number of aryl methyl sites for hydroxylation is 2. The van der Waals surface area contributed by atoms with Gasteiger partial charge in [-0.25, -0.2) is 0 Å². The monoisotopic (exact) mass is 622 g/mol. The maximum absolute atomic E-state index is 13.4. The van der Waals surface area contributed by atoms with Gasteiger partial charge in [-0.2, -0.15) is 0 Å². The van der Waals surface area contributed by atoms with Crippen molar-refractivity contribution in [2.24, 2.45) is 5.41 Å². The fraction of sp³-hybridized carbons (Fsp3) is 0.657. The van der Waals surface area contributed by atoms with Crippen LogP contribution in [0.2, 0.25) is 0 Å². The van der Waals surface area contributed by atoms with E-state index in [1.807, 2.05) is 13.8 Å². The molecular formula is C35H59O7P. The summed E-state index contributed by atoms with van der Waals surface area (Å²) in [5, 5.41) is 46.1. The molecule has 0 aliphatic heterocycles. The fourth-order valence-electron chi connectivity index (χ4n) is 5.73. The third-order valence-corrected chi connectivity index (χ3v) is 8.42. The Hall–Kier alpha value is -1.41. The van der Waals surface area contributed by atoms with Gasteiger partial charge in [-0.05, 0) is 80.0 Å². The van der Waals surface area contributed by atoms with E-state index in [0.29, 0.717) is 11.1 Å². The van der Waals surface area contributed by atoms with Crippen LogP contribution in [0, 0.1) is 19.3 Å². The van der Waals surface area contributed by atoms with Crippen LogP contribution in [0.3, 0.4) is 0 Å². The van der Waals surface area contributed by atoms with Gasteiger partial charge in [0.05, 0.1) is 25.2 Å². The molecule has 0 saturated heterocycles. The highest BCUT2D eigenvalue weighted by Crippen LogP contribution is 2.53. The number of aliphatic hydroxyl groups is 4. The van der Waals surface area contributed by atoms with Gasteiger partial charge in [0.15, 0.2) is 0 Å². The molecule has 8 heteroatoms. The summed E-state index contributed by atoms with van der Waals surface area (Å²) in [6, 6.07) is 8.56. The predicted molar refractivity (Wildman–Crippen MR) is 177 cm³/mol. The highest BCUT2D eigenvalue weighted by molar-refractivity contribution is 7.38. The van der Waals surface area contributed by atoms with Crippen molar-refractivity contribution < 1.29 is 35.1 Å². The average molecular weight is 623 g/mol. The van der Waals surface area contributed by atoms with Gasteiger partial charge in [0.2, 0.25) is 0 Å². The van der Waals surface area contributed by atoms with E-state index in [-0.39, 0.29) is 21.7 Å². The van der Waals surface area contributed by atoms with E-state index in [4.69, 9.17) is 14.7 Å². The first-order valence-electron chi connectivity index (χ1n) is 14.9. The van der Waals surface area contributed by atoms with Crippen molar-refractivity contribution in [3.05, 3.63) is 68.8 Å². The normalized spacial score (nSPS) is 13.7. The van der Waals surface area contributed by atoms with Crippen molar-refractivity contribution in [1.82, 2.24) is 0 Å². The molecule has 0 aliphatic rings. The molecule has 0 aromatic heterocycles. The van der Waals surface area contributed by atoms with Gasteiger partial charge in [-0.3, -0.25) is 0 Å². The van der Waals surface area contributed by atoms with E-state index in [9.17, 15) is 20.4 Å². The lowest BCUT2D eigenvalue weighted by atomic mass is 9.58. The maximum atomic E-state index is 13.4. The molecule has 7 nitrogen and oxygen atoms in total. The molecule has 0 spiro atoms. The van der Waals surface area contributed by atoms with Crippen LogP contribution in [-0.2, 0) is 27.3 Å². The van der Waals surface area contributed by atoms with Gasteiger partial charge in [-0.1, -0.05) is 107 Å². The van der Waals surface area contributed by atoms with Crippen LogP contribution in [0.5, 0.6) is 0 Å². The summed E-state index contributed by atoms with van der Waals surface area (Å²) in [5.74, 6) is 0. The molecular weight excluding hydrogens is 563 g/mol. The molecule has 2 rings (SSSR count). The second kappa shape index (κ2) is 13.5. The quantitative estimate of drug-likeness (QED) is 0.200. The number of rotatable bonds is 6. The van der Waals surface area contributed by atoms with E-state index < -0.39 is 39.4 Å². The molecule has 0 aliphatic carbocycles. The Morgan fingerprint density at radius 1 is 0.512 bits per heavy atom. The standard InChI is InChI=1S/C35H56O4.H3O3P/c1-22-15-24(30(3,4)5)17-26(32(9,10)11)28(22)35(39,34(19-36,20-37)21-38)29-23(2)16-25(31(6,7)8)18-27(29)33(12,13)14;1-4(2)3/h15-18,36-39H,19-21H2,1-14H3;1-3H. The molecule has 0 saturated carbocycles. The summed E-state index contributed by atoms with van der Waals surface area (Å²) in [7, 11) is -2.62. The first-order chi connectivity index (χ1) is 19.2. The van der Waals surface area contributed by atoms with Gasteiger partial charge < -0.3 is 35.1 Å². The highest BCUT2D eigenvalue weighted by atomic mass is 31.2. The van der Waals surface area contributed by atoms with Gasteiger partial charge in [-0.15, -0.1) is 0 Å². The lowest BCUT2D eigenvalue weighted by molar-refractivity contribution is -0.137. The van der Waals surface area contributed by atoms with E-state index in [2.05, 4.69) is 107 Å². The van der Waals surface area contributed by atoms with Crippen LogP contribution in [-0.4, -0.2) is 54.9 Å². The second-order valence-electron chi connectivity index (χ2n) is 16.2. The van der Waals surface area contributed by atoms with Gasteiger partial charge in [0, 0.05) is 0 Å². The summed E-state index contributed by atoms with van der Waals surface area (Å²) in [5.41, 5.74) is 2.69. The van der Waals surface area contributed by atoms with E-state index >= 15 is 0 Å². The van der Waals surface area contributed by atoms with Crippen LogP contribution < -0.4 is 0 Å². The molecule has 0 unspecified atom stereocenters. The third kappa shape index (κ3) is 8.45. The van der Waals surface area contributed by atoms with Crippen molar-refractivity contribution in [2.75, 3.05) is 19.8 Å². The minimum absolute atomic E-state index is 0.121. The molecule has 7 N–H and O–H groups in total. The molecule has 2 aromatic carbocycles. The molecule has 0 radical (unpaired) electrons. The molecule has 0 amide bonds. The summed E-state index contributed by atoms with van der Waals surface area (Å²) < 4.78 is 0. The Labute approximate surface area is 261 Å². The molecule has 0 heterocycles. The van der Waals surface area contributed by atoms with Crippen LogP contribution in [0.15, 0.2) is 24.3 Å². The molecule has 0 bridgehead atoms. The lowest BCUT2D eigenvalue weighted by Gasteiger charge is -2.50. The summed E-state index contributed by atoms with van der Waals surface area (Å²) in [4.78, 5) is 21.7. The molecule has 246 valence electrons. The zero-order chi connectivity index (χ0) is 34.1. The molecule has 0 fully saturated rings. The minimum Gasteiger partial charge on any atom is -0.395 e. The Morgan fingerprint density at radius 2 is 0.767 bits per heavy atom.